The summed E-state index contributed by atoms with van der Waals surface area (Å²) in [6, 6.07) is 6.91. The maximum Gasteiger partial charge on any atom is 0.0498 e. The molecule has 2 heterocycles. The van der Waals surface area contributed by atoms with E-state index in [9.17, 15) is 0 Å². The monoisotopic (exact) mass is 217 g/mol. The molecule has 1 atom stereocenters. The number of rotatable bonds is 2. The largest absolute Gasteiger partial charge is 0.385 e. The van der Waals surface area contributed by atoms with Crippen molar-refractivity contribution in [3.63, 3.8) is 0 Å². The summed E-state index contributed by atoms with van der Waals surface area (Å²) in [4.78, 5) is 0. The zero-order chi connectivity index (χ0) is 10.8. The lowest BCUT2D eigenvalue weighted by Gasteiger charge is -2.19. The molecule has 2 aliphatic heterocycles. The third-order valence-electron chi connectivity index (χ3n) is 3.66. The van der Waals surface area contributed by atoms with Gasteiger partial charge in [-0.3, -0.25) is 0 Å². The Morgan fingerprint density at radius 3 is 3.25 bits per heavy atom. The molecule has 0 amide bonds. The Balaban J connectivity index is 1.74. The van der Waals surface area contributed by atoms with E-state index in [1.807, 2.05) is 0 Å². The van der Waals surface area contributed by atoms with Gasteiger partial charge in [-0.25, -0.2) is 0 Å². The van der Waals surface area contributed by atoms with Gasteiger partial charge in [0.1, 0.15) is 0 Å². The molecular formula is C14H19NO. The molecule has 1 aromatic carbocycles. The van der Waals surface area contributed by atoms with Crippen LogP contribution >= 0.6 is 0 Å². The number of anilines is 1. The van der Waals surface area contributed by atoms with Crippen LogP contribution in [0.3, 0.4) is 0 Å². The zero-order valence-corrected chi connectivity index (χ0v) is 9.67. The lowest BCUT2D eigenvalue weighted by Crippen LogP contribution is -2.12. The minimum atomic E-state index is 0.745. The van der Waals surface area contributed by atoms with Crippen LogP contribution in [0.2, 0.25) is 0 Å². The third-order valence-corrected chi connectivity index (χ3v) is 3.66. The normalized spacial score (nSPS) is 23.9. The van der Waals surface area contributed by atoms with Crippen LogP contribution in [0.15, 0.2) is 18.2 Å². The highest BCUT2D eigenvalue weighted by Crippen LogP contribution is 2.25. The summed E-state index contributed by atoms with van der Waals surface area (Å²) in [6.07, 6.45) is 4.92. The van der Waals surface area contributed by atoms with E-state index in [1.54, 1.807) is 0 Å². The molecule has 2 nitrogen and oxygen atoms in total. The Labute approximate surface area is 97.0 Å². The van der Waals surface area contributed by atoms with Crippen LogP contribution in [-0.2, 0) is 17.6 Å². The molecule has 1 saturated heterocycles. The van der Waals surface area contributed by atoms with Gasteiger partial charge in [-0.1, -0.05) is 12.1 Å². The Morgan fingerprint density at radius 1 is 1.38 bits per heavy atom. The predicted octanol–water partition coefficient (Wildman–Crippen LogP) is 2.62. The van der Waals surface area contributed by atoms with E-state index >= 15 is 0 Å². The molecule has 0 aliphatic carbocycles. The van der Waals surface area contributed by atoms with Crippen molar-refractivity contribution in [2.75, 3.05) is 25.1 Å². The Kier molecular flexibility index (Phi) is 2.83. The number of hydrogen-bond donors (Lipinski definition) is 1. The molecule has 1 aromatic rings. The van der Waals surface area contributed by atoms with Gasteiger partial charge < -0.3 is 10.1 Å². The average Bonchev–Trinajstić information content (AvgIpc) is 2.82. The van der Waals surface area contributed by atoms with Crippen LogP contribution in [0.4, 0.5) is 5.69 Å². The minimum absolute atomic E-state index is 0.745. The Morgan fingerprint density at radius 2 is 2.38 bits per heavy atom. The standard InChI is InChI=1S/C14H19NO/c1-2-13-9-11(3-4-14(13)15-6-1)8-12-5-7-16-10-12/h3-4,9,12,15H,1-2,5-8,10H2. The molecule has 1 unspecified atom stereocenters. The molecule has 0 bridgehead atoms. The van der Waals surface area contributed by atoms with Gasteiger partial charge in [0.05, 0.1) is 0 Å². The molecule has 16 heavy (non-hydrogen) atoms. The number of ether oxygens (including phenoxy) is 1. The number of fused-ring (bicyclic) bond motifs is 1. The summed E-state index contributed by atoms with van der Waals surface area (Å²) >= 11 is 0. The quantitative estimate of drug-likeness (QED) is 0.822. The molecule has 1 N–H and O–H groups in total. The zero-order valence-electron chi connectivity index (χ0n) is 9.67. The van der Waals surface area contributed by atoms with E-state index in [1.165, 1.54) is 42.5 Å². The summed E-state index contributed by atoms with van der Waals surface area (Å²) in [6.45, 7) is 3.04. The molecule has 0 spiro atoms. The topological polar surface area (TPSA) is 21.3 Å². The summed E-state index contributed by atoms with van der Waals surface area (Å²) in [5, 5.41) is 3.46. The average molecular weight is 217 g/mol. The van der Waals surface area contributed by atoms with Gasteiger partial charge in [0, 0.05) is 25.4 Å². The van der Waals surface area contributed by atoms with E-state index in [2.05, 4.69) is 23.5 Å². The SMILES string of the molecule is c1cc2c(cc1CC1CCOC1)CCCN2. The lowest BCUT2D eigenvalue weighted by molar-refractivity contribution is 0.186. The maximum absolute atomic E-state index is 5.43. The van der Waals surface area contributed by atoms with Crippen molar-refractivity contribution >= 4 is 5.69 Å². The second-order valence-electron chi connectivity index (χ2n) is 4.96. The predicted molar refractivity (Wildman–Crippen MR) is 65.9 cm³/mol. The van der Waals surface area contributed by atoms with E-state index in [-0.39, 0.29) is 0 Å². The summed E-state index contributed by atoms with van der Waals surface area (Å²) in [7, 11) is 0. The fourth-order valence-corrected chi connectivity index (χ4v) is 2.73. The molecule has 1 fully saturated rings. The highest BCUT2D eigenvalue weighted by atomic mass is 16.5. The first-order chi connectivity index (χ1) is 7.92. The van der Waals surface area contributed by atoms with Crippen LogP contribution in [-0.4, -0.2) is 19.8 Å². The second kappa shape index (κ2) is 4.46. The molecule has 2 heteroatoms. The summed E-state index contributed by atoms with van der Waals surface area (Å²) in [5.41, 5.74) is 4.33. The van der Waals surface area contributed by atoms with Gasteiger partial charge >= 0.3 is 0 Å². The number of hydrogen-bond acceptors (Lipinski definition) is 2. The first-order valence-electron chi connectivity index (χ1n) is 6.35. The fraction of sp³-hybridized carbons (Fsp3) is 0.571. The molecular weight excluding hydrogens is 198 g/mol. The number of aryl methyl sites for hydroxylation is 1. The van der Waals surface area contributed by atoms with Gasteiger partial charge in [0.15, 0.2) is 0 Å². The van der Waals surface area contributed by atoms with E-state index in [0.29, 0.717) is 0 Å². The number of nitrogens with one attached hydrogen (secondary N) is 1. The van der Waals surface area contributed by atoms with Gasteiger partial charge in [-0.15, -0.1) is 0 Å². The molecule has 0 radical (unpaired) electrons. The van der Waals surface area contributed by atoms with Gasteiger partial charge in [0.25, 0.3) is 0 Å². The highest BCUT2D eigenvalue weighted by molar-refractivity contribution is 5.54. The van der Waals surface area contributed by atoms with Gasteiger partial charge in [0.2, 0.25) is 0 Å². The number of benzene rings is 1. The van der Waals surface area contributed by atoms with Crippen LogP contribution in [0.25, 0.3) is 0 Å². The maximum atomic E-state index is 5.43. The van der Waals surface area contributed by atoms with E-state index in [0.717, 1.165) is 25.7 Å². The van der Waals surface area contributed by atoms with Gasteiger partial charge in [-0.2, -0.15) is 0 Å². The van der Waals surface area contributed by atoms with Crippen LogP contribution in [0, 0.1) is 5.92 Å². The van der Waals surface area contributed by atoms with Crippen LogP contribution < -0.4 is 5.32 Å². The lowest BCUT2D eigenvalue weighted by atomic mass is 9.94. The first kappa shape index (κ1) is 10.2. The summed E-state index contributed by atoms with van der Waals surface area (Å²) in [5.74, 6) is 0.745. The minimum Gasteiger partial charge on any atom is -0.385 e. The molecule has 86 valence electrons. The van der Waals surface area contributed by atoms with E-state index < -0.39 is 0 Å². The van der Waals surface area contributed by atoms with Crippen LogP contribution in [0.5, 0.6) is 0 Å². The molecule has 0 aromatic heterocycles. The van der Waals surface area contributed by atoms with Crippen molar-refractivity contribution in [3.8, 4) is 0 Å². The van der Waals surface area contributed by atoms with Crippen molar-refractivity contribution in [1.82, 2.24) is 0 Å². The van der Waals surface area contributed by atoms with Crippen molar-refractivity contribution in [1.29, 1.82) is 0 Å². The van der Waals surface area contributed by atoms with E-state index in [4.69, 9.17) is 4.74 Å². The third kappa shape index (κ3) is 2.07. The molecule has 3 rings (SSSR count). The van der Waals surface area contributed by atoms with Crippen molar-refractivity contribution < 1.29 is 4.74 Å². The van der Waals surface area contributed by atoms with Crippen molar-refractivity contribution in [3.05, 3.63) is 29.3 Å². The Bertz CT molecular complexity index is 369. The fourth-order valence-electron chi connectivity index (χ4n) is 2.73. The highest BCUT2D eigenvalue weighted by Gasteiger charge is 2.17. The van der Waals surface area contributed by atoms with Crippen LogP contribution in [0.1, 0.15) is 24.0 Å². The molecule has 0 saturated carbocycles. The Hall–Kier alpha value is -1.02. The molecule has 2 aliphatic rings. The smallest absolute Gasteiger partial charge is 0.0498 e. The second-order valence-corrected chi connectivity index (χ2v) is 4.96. The first-order valence-corrected chi connectivity index (χ1v) is 6.35. The van der Waals surface area contributed by atoms with Crippen molar-refractivity contribution in [2.45, 2.75) is 25.7 Å². The van der Waals surface area contributed by atoms with Gasteiger partial charge in [-0.05, 0) is 48.8 Å². The summed E-state index contributed by atoms with van der Waals surface area (Å²) < 4.78 is 5.43. The van der Waals surface area contributed by atoms with Crippen molar-refractivity contribution in [2.24, 2.45) is 5.92 Å².